The van der Waals surface area contributed by atoms with E-state index >= 15 is 0 Å². The van der Waals surface area contributed by atoms with Gasteiger partial charge in [-0.05, 0) is 75.6 Å². The van der Waals surface area contributed by atoms with E-state index in [0.29, 0.717) is 44.2 Å². The minimum Gasteiger partial charge on any atom is -0.371 e. The van der Waals surface area contributed by atoms with Crippen molar-refractivity contribution in [3.63, 3.8) is 0 Å². The Morgan fingerprint density at radius 3 is 2.60 bits per heavy atom. The molecule has 0 saturated carbocycles. The molecule has 1 aliphatic heterocycles. The van der Waals surface area contributed by atoms with E-state index < -0.39 is 11.9 Å². The highest BCUT2D eigenvalue weighted by Gasteiger charge is 2.29. The van der Waals surface area contributed by atoms with Crippen LogP contribution < -0.4 is 10.6 Å². The van der Waals surface area contributed by atoms with Crippen molar-refractivity contribution in [2.75, 3.05) is 23.7 Å². The molecule has 2 aromatic heterocycles. The van der Waals surface area contributed by atoms with Crippen molar-refractivity contribution >= 4 is 57.5 Å². The summed E-state index contributed by atoms with van der Waals surface area (Å²) in [7, 11) is 0. The number of nitrogens with zero attached hydrogens (tertiary/aromatic N) is 6. The number of halogens is 3. The van der Waals surface area contributed by atoms with Crippen LogP contribution in [-0.2, 0) is 0 Å². The quantitative estimate of drug-likeness (QED) is 0.159. The van der Waals surface area contributed by atoms with Crippen molar-refractivity contribution in [2.45, 2.75) is 51.2 Å². The number of hydrogen-bond acceptors (Lipinski definition) is 8. The van der Waals surface area contributed by atoms with Gasteiger partial charge in [0.2, 0.25) is 0 Å². The van der Waals surface area contributed by atoms with E-state index in [1.807, 2.05) is 29.1 Å². The molecule has 2 N–H and O–H groups in total. The minimum absolute atomic E-state index is 0.0551. The Kier molecular flexibility index (Phi) is 9.15. The summed E-state index contributed by atoms with van der Waals surface area (Å²) in [4.78, 5) is 18.9. The Bertz CT molecular complexity index is 1990. The van der Waals surface area contributed by atoms with Gasteiger partial charge in [-0.15, -0.1) is 5.10 Å². The van der Waals surface area contributed by atoms with E-state index in [1.165, 1.54) is 24.4 Å². The minimum atomic E-state index is -0.552. The lowest BCUT2D eigenvalue weighted by Gasteiger charge is -2.40. The highest BCUT2D eigenvalue weighted by atomic mass is 35.5. The molecule has 6 rings (SSSR count). The summed E-state index contributed by atoms with van der Waals surface area (Å²) in [6, 6.07) is 16.9. The van der Waals surface area contributed by atoms with E-state index in [1.54, 1.807) is 18.2 Å². The maximum atomic E-state index is 13.9. The molecule has 0 radical (unpaired) electrons. The summed E-state index contributed by atoms with van der Waals surface area (Å²) in [6.07, 6.45) is 6.15. The highest BCUT2D eigenvalue weighted by Crippen LogP contribution is 2.38. The molecule has 9 nitrogen and oxygen atoms in total. The van der Waals surface area contributed by atoms with Crippen LogP contribution in [0.2, 0.25) is 10.0 Å². The van der Waals surface area contributed by atoms with Crippen LogP contribution in [0, 0.1) is 17.1 Å². The number of fused-ring (bicyclic) bond motifs is 1. The van der Waals surface area contributed by atoms with Crippen LogP contribution in [-0.4, -0.2) is 49.8 Å². The molecule has 1 saturated heterocycles. The molecule has 240 valence electrons. The summed E-state index contributed by atoms with van der Waals surface area (Å²) in [5, 5.41) is 26.8. The number of piperidine rings is 1. The maximum Gasteiger partial charge on any atom is 0.150 e. The average molecular weight is 672 g/mol. The first-order valence-electron chi connectivity index (χ1n) is 15.3. The number of hydrogen-bond donors (Lipinski definition) is 2. The smallest absolute Gasteiger partial charge is 0.150 e. The number of rotatable bonds is 8. The number of likely N-dealkylation sites (tertiary alicyclic amines) is 1. The summed E-state index contributed by atoms with van der Waals surface area (Å²) in [5.41, 5.74) is 4.39. The summed E-state index contributed by atoms with van der Waals surface area (Å²) in [6.45, 7) is 8.64. The monoisotopic (exact) mass is 670 g/mol. The second-order valence-corrected chi connectivity index (χ2v) is 13.5. The first kappa shape index (κ1) is 32.4. The molecule has 0 bridgehead atoms. The zero-order chi connectivity index (χ0) is 33.3. The van der Waals surface area contributed by atoms with Crippen LogP contribution in [0.4, 0.5) is 21.5 Å². The van der Waals surface area contributed by atoms with Crippen molar-refractivity contribution in [3.05, 3.63) is 105 Å². The van der Waals surface area contributed by atoms with E-state index in [2.05, 4.69) is 57.7 Å². The molecule has 1 fully saturated rings. The summed E-state index contributed by atoms with van der Waals surface area (Å²) < 4.78 is 15.8. The Labute approximate surface area is 282 Å². The van der Waals surface area contributed by atoms with E-state index in [0.717, 1.165) is 37.8 Å². The van der Waals surface area contributed by atoms with Gasteiger partial charge in [0.15, 0.2) is 0 Å². The third-order valence-corrected chi connectivity index (χ3v) is 9.04. The lowest BCUT2D eigenvalue weighted by molar-refractivity contribution is 0.0866. The first-order valence-corrected chi connectivity index (χ1v) is 16.0. The molecule has 3 aromatic carbocycles. The number of carbonyl (C=O) groups excluding carboxylic acids is 1. The largest absolute Gasteiger partial charge is 0.371 e. The molecule has 0 unspecified atom stereocenters. The van der Waals surface area contributed by atoms with E-state index in [4.69, 9.17) is 23.2 Å². The van der Waals surface area contributed by atoms with Crippen LogP contribution in [0.3, 0.4) is 0 Å². The summed E-state index contributed by atoms with van der Waals surface area (Å²) >= 11 is 12.7. The number of aromatic nitrogens is 4. The number of carbonyl (C=O) groups is 1. The number of aldehydes is 1. The Balaban J connectivity index is 1.39. The van der Waals surface area contributed by atoms with Crippen LogP contribution >= 0.6 is 23.2 Å². The van der Waals surface area contributed by atoms with Gasteiger partial charge < -0.3 is 10.6 Å². The predicted molar refractivity (Wildman–Crippen MR) is 183 cm³/mol. The van der Waals surface area contributed by atoms with Crippen LogP contribution in [0.15, 0.2) is 67.0 Å². The van der Waals surface area contributed by atoms with Gasteiger partial charge in [-0.25, -0.2) is 9.07 Å². The standard InChI is InChI=1S/C35H33Cl2FN8O/c1-35(2,3)45-11-9-26(10-12-45)46-19-31(43-44-46)33(22-6-4-5-21(13-22)20-47)42-30-15-24(36)14-27-32(23(17-39)18-40-34(27)30)41-25-7-8-29(38)28(37)16-25/h4-8,13-16,18-20,26,33,42H,9-12H2,1-3H3,(H,40,41)/t33-/m0/s1. The van der Waals surface area contributed by atoms with E-state index in [-0.39, 0.29) is 22.2 Å². The van der Waals surface area contributed by atoms with Gasteiger partial charge in [0.05, 0.1) is 45.8 Å². The van der Waals surface area contributed by atoms with Crippen LogP contribution in [0.1, 0.15) is 72.9 Å². The van der Waals surface area contributed by atoms with Crippen molar-refractivity contribution in [2.24, 2.45) is 0 Å². The number of anilines is 3. The Hall–Kier alpha value is -4.56. The zero-order valence-corrected chi connectivity index (χ0v) is 27.6. The molecule has 1 atom stereocenters. The molecular formula is C35H33Cl2FN8O. The lowest BCUT2D eigenvalue weighted by atomic mass is 9.98. The Morgan fingerprint density at radius 1 is 1.11 bits per heavy atom. The number of pyridine rings is 1. The van der Waals surface area contributed by atoms with Crippen LogP contribution in [0.5, 0.6) is 0 Å². The maximum absolute atomic E-state index is 13.9. The van der Waals surface area contributed by atoms with Crippen molar-refractivity contribution in [1.82, 2.24) is 24.9 Å². The topological polar surface area (TPSA) is 112 Å². The average Bonchev–Trinajstić information content (AvgIpc) is 3.55. The van der Waals surface area contributed by atoms with Gasteiger partial charge in [-0.2, -0.15) is 5.26 Å². The van der Waals surface area contributed by atoms with E-state index in [9.17, 15) is 14.4 Å². The van der Waals surface area contributed by atoms with Crippen molar-refractivity contribution in [1.29, 1.82) is 5.26 Å². The number of benzene rings is 3. The third kappa shape index (κ3) is 6.93. The zero-order valence-electron chi connectivity index (χ0n) is 26.1. The number of nitrogens with one attached hydrogen (secondary N) is 2. The molecule has 0 spiro atoms. The molecule has 0 amide bonds. The lowest BCUT2D eigenvalue weighted by Crippen LogP contribution is -2.46. The molecule has 12 heteroatoms. The molecular weight excluding hydrogens is 638 g/mol. The van der Waals surface area contributed by atoms with Gasteiger partial charge in [0.1, 0.15) is 23.9 Å². The molecule has 0 aliphatic carbocycles. The summed E-state index contributed by atoms with van der Waals surface area (Å²) in [5.74, 6) is -0.552. The Morgan fingerprint density at radius 2 is 1.89 bits per heavy atom. The molecule has 47 heavy (non-hydrogen) atoms. The molecule has 3 heterocycles. The fourth-order valence-electron chi connectivity index (χ4n) is 6.01. The molecule has 1 aliphatic rings. The van der Waals surface area contributed by atoms with Crippen molar-refractivity contribution in [3.8, 4) is 6.07 Å². The fourth-order valence-corrected chi connectivity index (χ4v) is 6.41. The second kappa shape index (κ2) is 13.3. The van der Waals surface area contributed by atoms with Gasteiger partial charge in [-0.1, -0.05) is 46.6 Å². The van der Waals surface area contributed by atoms with Crippen LogP contribution in [0.25, 0.3) is 10.9 Å². The first-order chi connectivity index (χ1) is 22.5. The van der Waals surface area contributed by atoms with Gasteiger partial charge >= 0.3 is 0 Å². The third-order valence-electron chi connectivity index (χ3n) is 8.54. The van der Waals surface area contributed by atoms with Gasteiger partial charge in [-0.3, -0.25) is 14.7 Å². The normalized spacial score (nSPS) is 14.9. The van der Waals surface area contributed by atoms with Gasteiger partial charge in [0, 0.05) is 46.5 Å². The predicted octanol–water partition coefficient (Wildman–Crippen LogP) is 8.34. The molecule has 5 aromatic rings. The SMILES string of the molecule is CC(C)(C)N1CCC(n2cc([C@@H](Nc3cc(Cl)cc4c(Nc5ccc(F)c(Cl)c5)c(C#N)cnc34)c3cccc(C=O)c3)nn2)CC1. The van der Waals surface area contributed by atoms with Gasteiger partial charge in [0.25, 0.3) is 0 Å². The highest BCUT2D eigenvalue weighted by molar-refractivity contribution is 6.32. The second-order valence-electron chi connectivity index (χ2n) is 12.6. The fraction of sp³-hybridized carbons (Fsp3) is 0.286. The number of nitriles is 1. The van der Waals surface area contributed by atoms with Crippen molar-refractivity contribution < 1.29 is 9.18 Å².